The monoisotopic (exact) mass is 426 g/mol. The molecule has 0 unspecified atom stereocenters. The second kappa shape index (κ2) is 10.6. The van der Waals surface area contributed by atoms with Crippen LogP contribution in [0.5, 0.6) is 11.5 Å². The van der Waals surface area contributed by atoms with E-state index >= 15 is 0 Å². The second-order valence-electron chi connectivity index (χ2n) is 7.50. The molecule has 0 aliphatic carbocycles. The Labute approximate surface area is 183 Å². The van der Waals surface area contributed by atoms with Gasteiger partial charge in [0, 0.05) is 12.6 Å². The summed E-state index contributed by atoms with van der Waals surface area (Å²) in [6, 6.07) is 10.5. The predicted molar refractivity (Wildman–Crippen MR) is 124 cm³/mol. The number of hydrazine groups is 1. The van der Waals surface area contributed by atoms with Crippen molar-refractivity contribution >= 4 is 17.5 Å². The number of nitrogens with zero attached hydrogens (tertiary/aromatic N) is 2. The first-order valence-corrected chi connectivity index (χ1v) is 10.4. The van der Waals surface area contributed by atoms with Crippen molar-refractivity contribution in [3.8, 4) is 11.5 Å². The molecule has 2 aromatic rings. The first-order chi connectivity index (χ1) is 14.7. The molecule has 0 amide bonds. The maximum absolute atomic E-state index is 12.5. The molecule has 2 aromatic carbocycles. The third-order valence-corrected chi connectivity index (χ3v) is 4.96. The summed E-state index contributed by atoms with van der Waals surface area (Å²) >= 11 is 0. The molecule has 0 fully saturated rings. The lowest BCUT2D eigenvalue weighted by Gasteiger charge is -2.21. The number of nitrogens with one attached hydrogen (secondary N) is 3. The Bertz CT molecular complexity index is 954. The molecule has 2 rings (SSSR count). The average Bonchev–Trinajstić information content (AvgIpc) is 2.77. The number of anilines is 1. The van der Waals surface area contributed by atoms with Gasteiger partial charge in [0.05, 0.1) is 17.5 Å². The lowest BCUT2D eigenvalue weighted by atomic mass is 9.98. The van der Waals surface area contributed by atoms with E-state index in [0.29, 0.717) is 29.3 Å². The summed E-state index contributed by atoms with van der Waals surface area (Å²) < 4.78 is 5.37. The highest BCUT2D eigenvalue weighted by Gasteiger charge is 2.33. The minimum Gasteiger partial charge on any atom is -0.507 e. The Morgan fingerprint density at radius 2 is 1.84 bits per heavy atom. The van der Waals surface area contributed by atoms with Crippen LogP contribution in [0.25, 0.3) is 0 Å². The van der Waals surface area contributed by atoms with Crippen LogP contribution in [0.4, 0.5) is 5.69 Å². The number of hydrogen-bond acceptors (Lipinski definition) is 5. The van der Waals surface area contributed by atoms with Gasteiger partial charge < -0.3 is 9.84 Å². The van der Waals surface area contributed by atoms with Crippen LogP contribution in [-0.2, 0) is 6.42 Å². The topological polar surface area (TPSA) is 113 Å². The SMILES string of the molecule is CCCN[N+](=O)C(=N)N(C(=N)c1cc(C(C)C)c(OC)cc1O)c1ccc(CC)cc1. The smallest absolute Gasteiger partial charge is 0.457 e. The maximum Gasteiger partial charge on any atom is 0.457 e. The van der Waals surface area contributed by atoms with Crippen molar-refractivity contribution in [2.45, 2.75) is 46.5 Å². The Morgan fingerprint density at radius 1 is 1.19 bits per heavy atom. The fourth-order valence-corrected chi connectivity index (χ4v) is 3.14. The van der Waals surface area contributed by atoms with Crippen molar-refractivity contribution < 1.29 is 14.7 Å². The van der Waals surface area contributed by atoms with Gasteiger partial charge in [-0.3, -0.25) is 5.41 Å². The lowest BCUT2D eigenvalue weighted by Crippen LogP contribution is -2.47. The van der Waals surface area contributed by atoms with Crippen molar-refractivity contribution in [3.05, 3.63) is 58.0 Å². The third-order valence-electron chi connectivity index (χ3n) is 4.96. The van der Waals surface area contributed by atoms with Gasteiger partial charge in [-0.15, -0.1) is 5.41 Å². The van der Waals surface area contributed by atoms with Crippen molar-refractivity contribution in [2.75, 3.05) is 18.6 Å². The van der Waals surface area contributed by atoms with Crippen molar-refractivity contribution in [3.63, 3.8) is 0 Å². The third kappa shape index (κ3) is 5.39. The molecular formula is C23H32N5O3+. The quantitative estimate of drug-likeness (QED) is 0.214. The summed E-state index contributed by atoms with van der Waals surface area (Å²) in [6.07, 6.45) is 1.56. The van der Waals surface area contributed by atoms with Crippen LogP contribution in [0.2, 0.25) is 0 Å². The number of rotatable bonds is 8. The van der Waals surface area contributed by atoms with E-state index in [1.807, 2.05) is 39.8 Å². The highest BCUT2D eigenvalue weighted by molar-refractivity contribution is 6.21. The highest BCUT2D eigenvalue weighted by atomic mass is 16.5. The molecule has 0 saturated carbocycles. The van der Waals surface area contributed by atoms with Gasteiger partial charge in [0.15, 0.2) is 0 Å². The number of hydrogen-bond donors (Lipinski definition) is 4. The molecular weight excluding hydrogens is 394 g/mol. The molecule has 8 nitrogen and oxygen atoms in total. The Morgan fingerprint density at radius 3 is 2.35 bits per heavy atom. The molecule has 31 heavy (non-hydrogen) atoms. The Kier molecular flexibility index (Phi) is 8.13. The van der Waals surface area contributed by atoms with Crippen LogP contribution >= 0.6 is 0 Å². The van der Waals surface area contributed by atoms with Crippen LogP contribution in [0.3, 0.4) is 0 Å². The summed E-state index contributed by atoms with van der Waals surface area (Å²) in [5.74, 6) is -0.207. The number of guanidine groups is 1. The molecule has 0 spiro atoms. The summed E-state index contributed by atoms with van der Waals surface area (Å²) in [5, 5.41) is 27.9. The molecule has 0 radical (unpaired) electrons. The lowest BCUT2D eigenvalue weighted by molar-refractivity contribution is -0.501. The first-order valence-electron chi connectivity index (χ1n) is 10.4. The number of phenols is 1. The van der Waals surface area contributed by atoms with E-state index in [1.54, 1.807) is 18.2 Å². The van der Waals surface area contributed by atoms with Crippen molar-refractivity contribution in [2.24, 2.45) is 0 Å². The van der Waals surface area contributed by atoms with Crippen LogP contribution in [0, 0.1) is 15.7 Å². The van der Waals surface area contributed by atoms with E-state index in [0.717, 1.165) is 17.5 Å². The number of ether oxygens (including phenoxy) is 1. The van der Waals surface area contributed by atoms with E-state index in [-0.39, 0.29) is 23.1 Å². The Balaban J connectivity index is 2.57. The minimum atomic E-state index is -0.469. The van der Waals surface area contributed by atoms with Gasteiger partial charge in [-0.05, 0) is 48.1 Å². The van der Waals surface area contributed by atoms with Gasteiger partial charge in [0.2, 0.25) is 5.84 Å². The number of nitroso groups, excluding NO2 is 1. The molecule has 8 heteroatoms. The number of methoxy groups -OCH3 is 1. The number of benzene rings is 2. The standard InChI is InChI=1S/C23H31N5O3/c1-6-12-26-28(30)23(25)27(17-10-8-16(7-2)9-11-17)22(24)19-13-18(15(3)4)21(31-5)14-20(19)29/h8-11,13-15,25H,6-7,12H2,1-5H3,(H2-,24,26,29,30)/p+1. The van der Waals surface area contributed by atoms with E-state index < -0.39 is 5.96 Å². The van der Waals surface area contributed by atoms with Crippen molar-refractivity contribution in [1.29, 1.82) is 10.8 Å². The van der Waals surface area contributed by atoms with Crippen LogP contribution in [0.15, 0.2) is 36.4 Å². The molecule has 0 bridgehead atoms. The summed E-state index contributed by atoms with van der Waals surface area (Å²) in [6.45, 7) is 8.32. The maximum atomic E-state index is 12.5. The molecule has 0 aliphatic rings. The number of aromatic hydroxyl groups is 1. The van der Waals surface area contributed by atoms with Crippen molar-refractivity contribution in [1.82, 2.24) is 5.43 Å². The molecule has 0 atom stereocenters. The fourth-order valence-electron chi connectivity index (χ4n) is 3.14. The molecule has 0 aliphatic heterocycles. The van der Waals surface area contributed by atoms with Gasteiger partial charge in [-0.25, -0.2) is 5.43 Å². The molecule has 0 heterocycles. The van der Waals surface area contributed by atoms with Crippen LogP contribution in [-0.4, -0.2) is 35.4 Å². The molecule has 166 valence electrons. The predicted octanol–water partition coefficient (Wildman–Crippen LogP) is 4.55. The van der Waals surface area contributed by atoms with Crippen LogP contribution < -0.4 is 15.1 Å². The van der Waals surface area contributed by atoms with Gasteiger partial charge in [-0.1, -0.05) is 44.7 Å². The normalized spacial score (nSPS) is 10.6. The Hall–Kier alpha value is -3.42. The summed E-state index contributed by atoms with van der Waals surface area (Å²) in [7, 11) is 1.53. The molecule has 0 saturated heterocycles. The first kappa shape index (κ1) is 23.9. The minimum absolute atomic E-state index is 0.0843. The fraction of sp³-hybridized carbons (Fsp3) is 0.391. The van der Waals surface area contributed by atoms with Gasteiger partial charge >= 0.3 is 5.96 Å². The van der Waals surface area contributed by atoms with Gasteiger partial charge in [0.25, 0.3) is 0 Å². The van der Waals surface area contributed by atoms with E-state index in [2.05, 4.69) is 5.43 Å². The number of phenolic OH excluding ortho intramolecular Hbond substituents is 1. The zero-order valence-corrected chi connectivity index (χ0v) is 18.8. The number of aryl methyl sites for hydroxylation is 1. The highest BCUT2D eigenvalue weighted by Crippen LogP contribution is 2.34. The second-order valence-corrected chi connectivity index (χ2v) is 7.50. The summed E-state index contributed by atoms with van der Waals surface area (Å²) in [5.41, 5.74) is 5.20. The average molecular weight is 427 g/mol. The molecule has 0 aromatic heterocycles. The van der Waals surface area contributed by atoms with Crippen LogP contribution in [0.1, 0.15) is 56.7 Å². The zero-order chi connectivity index (χ0) is 23.1. The van der Waals surface area contributed by atoms with E-state index in [9.17, 15) is 10.0 Å². The number of amidine groups is 1. The van der Waals surface area contributed by atoms with E-state index in [4.69, 9.17) is 15.6 Å². The largest absolute Gasteiger partial charge is 0.507 e. The van der Waals surface area contributed by atoms with Gasteiger partial charge in [-0.2, -0.15) is 4.90 Å². The zero-order valence-electron chi connectivity index (χ0n) is 18.8. The van der Waals surface area contributed by atoms with E-state index in [1.165, 1.54) is 18.1 Å². The van der Waals surface area contributed by atoms with Gasteiger partial charge in [0.1, 0.15) is 17.2 Å². The summed E-state index contributed by atoms with van der Waals surface area (Å²) in [4.78, 5) is 14.0. The molecule has 4 N–H and O–H groups in total.